The van der Waals surface area contributed by atoms with Crippen LogP contribution < -0.4 is 5.32 Å². The predicted molar refractivity (Wildman–Crippen MR) is 76.0 cm³/mol. The van der Waals surface area contributed by atoms with E-state index >= 15 is 0 Å². The molecule has 0 radical (unpaired) electrons. The summed E-state index contributed by atoms with van der Waals surface area (Å²) in [6.45, 7) is 6.44. The van der Waals surface area contributed by atoms with Crippen LogP contribution in [0.15, 0.2) is 0 Å². The zero-order valence-electron chi connectivity index (χ0n) is 11.9. The lowest BCUT2D eigenvalue weighted by molar-refractivity contribution is -0.136. The lowest BCUT2D eigenvalue weighted by Crippen LogP contribution is -2.49. The summed E-state index contributed by atoms with van der Waals surface area (Å²) >= 11 is 0. The molecule has 0 aromatic rings. The van der Waals surface area contributed by atoms with Crippen LogP contribution in [0.25, 0.3) is 0 Å². The number of hydrogen-bond donors (Lipinski definition) is 1. The molecule has 4 heteroatoms. The molecule has 3 aliphatic rings. The zero-order valence-corrected chi connectivity index (χ0v) is 11.9. The van der Waals surface area contributed by atoms with E-state index in [2.05, 4.69) is 15.1 Å². The highest BCUT2D eigenvalue weighted by Gasteiger charge is 2.31. The Balaban J connectivity index is 1.47. The van der Waals surface area contributed by atoms with Crippen LogP contribution >= 0.6 is 0 Å². The van der Waals surface area contributed by atoms with Crippen molar-refractivity contribution >= 4 is 5.91 Å². The molecule has 0 aromatic heterocycles. The van der Waals surface area contributed by atoms with Gasteiger partial charge in [-0.2, -0.15) is 0 Å². The van der Waals surface area contributed by atoms with Crippen LogP contribution in [0, 0.1) is 5.92 Å². The van der Waals surface area contributed by atoms with Crippen molar-refractivity contribution in [3.63, 3.8) is 0 Å². The summed E-state index contributed by atoms with van der Waals surface area (Å²) in [4.78, 5) is 17.1. The number of likely N-dealkylation sites (tertiary alicyclic amines) is 2. The van der Waals surface area contributed by atoms with E-state index < -0.39 is 0 Å². The molecule has 1 unspecified atom stereocenters. The number of carbonyl (C=O) groups is 1. The van der Waals surface area contributed by atoms with Gasteiger partial charge in [0.25, 0.3) is 0 Å². The van der Waals surface area contributed by atoms with Crippen molar-refractivity contribution in [3.8, 4) is 0 Å². The van der Waals surface area contributed by atoms with E-state index in [9.17, 15) is 4.79 Å². The normalized spacial score (nSPS) is 30.7. The summed E-state index contributed by atoms with van der Waals surface area (Å²) in [5, 5.41) is 3.30. The highest BCUT2D eigenvalue weighted by atomic mass is 16.2. The lowest BCUT2D eigenvalue weighted by atomic mass is 9.98. The fraction of sp³-hybridized carbons (Fsp3) is 0.933. The van der Waals surface area contributed by atoms with Gasteiger partial charge in [0.2, 0.25) is 5.91 Å². The first kappa shape index (κ1) is 13.4. The van der Waals surface area contributed by atoms with Crippen molar-refractivity contribution in [2.24, 2.45) is 5.92 Å². The topological polar surface area (TPSA) is 35.6 Å². The van der Waals surface area contributed by atoms with Crippen LogP contribution in [0.4, 0.5) is 0 Å². The molecule has 0 aliphatic carbocycles. The molecule has 3 aliphatic heterocycles. The molecule has 0 aromatic carbocycles. The zero-order chi connectivity index (χ0) is 13.1. The highest BCUT2D eigenvalue weighted by molar-refractivity contribution is 5.79. The van der Waals surface area contributed by atoms with Gasteiger partial charge in [0.1, 0.15) is 0 Å². The summed E-state index contributed by atoms with van der Waals surface area (Å²) < 4.78 is 0. The number of nitrogens with zero attached hydrogens (tertiary/aromatic N) is 2. The molecule has 1 N–H and O–H groups in total. The van der Waals surface area contributed by atoms with Gasteiger partial charge in [-0.3, -0.25) is 4.79 Å². The second-order valence-electron chi connectivity index (χ2n) is 6.34. The Kier molecular flexibility index (Phi) is 4.38. The molecule has 3 fully saturated rings. The van der Waals surface area contributed by atoms with Gasteiger partial charge in [-0.25, -0.2) is 0 Å². The third kappa shape index (κ3) is 3.11. The summed E-state index contributed by atoms with van der Waals surface area (Å²) in [5.41, 5.74) is 0. The Morgan fingerprint density at radius 2 is 1.68 bits per heavy atom. The number of rotatable bonds is 2. The monoisotopic (exact) mass is 265 g/mol. The first-order valence-corrected chi connectivity index (χ1v) is 8.08. The Morgan fingerprint density at radius 1 is 0.947 bits per heavy atom. The van der Waals surface area contributed by atoms with E-state index in [1.165, 1.54) is 45.2 Å². The van der Waals surface area contributed by atoms with Crippen molar-refractivity contribution in [1.29, 1.82) is 0 Å². The molecule has 0 saturated carbocycles. The van der Waals surface area contributed by atoms with Crippen molar-refractivity contribution in [3.05, 3.63) is 0 Å². The predicted octanol–water partition coefficient (Wildman–Crippen LogP) is 1.07. The number of carbonyl (C=O) groups excluding carboxylic acids is 1. The molecular formula is C15H27N3O. The van der Waals surface area contributed by atoms with E-state index in [0.717, 1.165) is 38.6 Å². The average molecular weight is 265 g/mol. The van der Waals surface area contributed by atoms with Crippen LogP contribution in [0.2, 0.25) is 0 Å². The maximum Gasteiger partial charge on any atom is 0.227 e. The minimum absolute atomic E-state index is 0.256. The van der Waals surface area contributed by atoms with Gasteiger partial charge >= 0.3 is 0 Å². The molecular weight excluding hydrogens is 238 g/mol. The van der Waals surface area contributed by atoms with Crippen LogP contribution in [0.5, 0.6) is 0 Å². The second kappa shape index (κ2) is 6.23. The highest BCUT2D eigenvalue weighted by Crippen LogP contribution is 2.22. The van der Waals surface area contributed by atoms with Crippen LogP contribution in [0.3, 0.4) is 0 Å². The SMILES string of the molecule is O=C(C1CCNC1)N1CCC(N2CCCCC2)CC1. The molecule has 3 heterocycles. The smallest absolute Gasteiger partial charge is 0.227 e. The molecule has 0 bridgehead atoms. The first-order valence-electron chi connectivity index (χ1n) is 8.08. The average Bonchev–Trinajstić information content (AvgIpc) is 3.02. The van der Waals surface area contributed by atoms with Crippen molar-refractivity contribution in [2.45, 2.75) is 44.6 Å². The van der Waals surface area contributed by atoms with E-state index in [1.54, 1.807) is 0 Å². The van der Waals surface area contributed by atoms with E-state index in [4.69, 9.17) is 0 Å². The minimum Gasteiger partial charge on any atom is -0.342 e. The molecule has 0 spiro atoms. The van der Waals surface area contributed by atoms with Gasteiger partial charge < -0.3 is 15.1 Å². The third-order valence-electron chi connectivity index (χ3n) is 5.09. The standard InChI is InChI=1S/C15H27N3O/c19-15(13-4-7-16-12-13)18-10-5-14(6-11-18)17-8-2-1-3-9-17/h13-14,16H,1-12H2. The summed E-state index contributed by atoms with van der Waals surface area (Å²) in [6.07, 6.45) is 7.55. The first-order chi connectivity index (χ1) is 9.34. The van der Waals surface area contributed by atoms with Gasteiger partial charge in [0, 0.05) is 25.7 Å². The lowest BCUT2D eigenvalue weighted by Gasteiger charge is -2.40. The minimum atomic E-state index is 0.256. The van der Waals surface area contributed by atoms with Gasteiger partial charge in [-0.05, 0) is 51.7 Å². The fourth-order valence-electron chi connectivity index (χ4n) is 3.86. The van der Waals surface area contributed by atoms with E-state index in [-0.39, 0.29) is 5.92 Å². The molecule has 1 amide bonds. The van der Waals surface area contributed by atoms with Gasteiger partial charge in [0.15, 0.2) is 0 Å². The third-order valence-corrected chi connectivity index (χ3v) is 5.09. The molecule has 4 nitrogen and oxygen atoms in total. The molecule has 108 valence electrons. The Labute approximate surface area is 116 Å². The van der Waals surface area contributed by atoms with Crippen molar-refractivity contribution < 1.29 is 4.79 Å². The molecule has 1 atom stereocenters. The summed E-state index contributed by atoms with van der Waals surface area (Å²) in [7, 11) is 0. The largest absolute Gasteiger partial charge is 0.342 e. The molecule has 3 rings (SSSR count). The fourth-order valence-corrected chi connectivity index (χ4v) is 3.86. The Morgan fingerprint density at radius 3 is 2.32 bits per heavy atom. The summed E-state index contributed by atoms with van der Waals surface area (Å²) in [5.74, 6) is 0.661. The number of hydrogen-bond acceptors (Lipinski definition) is 3. The van der Waals surface area contributed by atoms with Crippen LogP contribution in [-0.4, -0.2) is 61.0 Å². The van der Waals surface area contributed by atoms with Crippen molar-refractivity contribution in [1.82, 2.24) is 15.1 Å². The molecule has 3 saturated heterocycles. The van der Waals surface area contributed by atoms with Gasteiger partial charge in [-0.15, -0.1) is 0 Å². The van der Waals surface area contributed by atoms with E-state index in [1.807, 2.05) is 0 Å². The van der Waals surface area contributed by atoms with Gasteiger partial charge in [0.05, 0.1) is 5.92 Å². The van der Waals surface area contributed by atoms with Crippen LogP contribution in [-0.2, 0) is 4.79 Å². The summed E-state index contributed by atoms with van der Waals surface area (Å²) in [6, 6.07) is 0.742. The number of piperidine rings is 2. The Bertz CT molecular complexity index is 301. The van der Waals surface area contributed by atoms with Gasteiger partial charge in [-0.1, -0.05) is 6.42 Å². The van der Waals surface area contributed by atoms with E-state index in [0.29, 0.717) is 5.91 Å². The maximum absolute atomic E-state index is 12.4. The van der Waals surface area contributed by atoms with Crippen molar-refractivity contribution in [2.75, 3.05) is 39.3 Å². The molecule has 19 heavy (non-hydrogen) atoms. The second-order valence-corrected chi connectivity index (χ2v) is 6.34. The number of nitrogens with one attached hydrogen (secondary N) is 1. The quantitative estimate of drug-likeness (QED) is 0.811. The Hall–Kier alpha value is -0.610. The maximum atomic E-state index is 12.4. The van der Waals surface area contributed by atoms with Crippen LogP contribution in [0.1, 0.15) is 38.5 Å². The number of amides is 1.